The first-order valence-electron chi connectivity index (χ1n) is 15.1. The van der Waals surface area contributed by atoms with E-state index in [1.54, 1.807) is 30.3 Å². The molecule has 3 N–H and O–H groups in total. The van der Waals surface area contributed by atoms with Crippen molar-refractivity contribution < 1.29 is 45.3 Å². The fourth-order valence-corrected chi connectivity index (χ4v) is 5.86. The second-order valence-electron chi connectivity index (χ2n) is 11.7. The largest absolute Gasteiger partial charge is 0.418 e. The molecule has 3 aromatic carbocycles. The van der Waals surface area contributed by atoms with E-state index in [2.05, 4.69) is 25.8 Å². The van der Waals surface area contributed by atoms with Gasteiger partial charge in [0.25, 0.3) is 6.43 Å². The van der Waals surface area contributed by atoms with Crippen molar-refractivity contribution in [3.05, 3.63) is 113 Å². The molecule has 0 amide bonds. The van der Waals surface area contributed by atoms with Gasteiger partial charge < -0.3 is 20.4 Å². The fraction of sp³-hybridized carbons (Fsp3) is 0.273. The SMILES string of the molecule is OC(c1cc(F)cc(C2CNCCN2c2ccc(-c3ccc(-c4nnnn4C[C@](O)(c4ccc(F)cc4F)C(F)F)nc3)cc2)c1)C(F)(F)F. The van der Waals surface area contributed by atoms with Crippen LogP contribution >= 0.6 is 0 Å². The van der Waals surface area contributed by atoms with Crippen LogP contribution in [0.2, 0.25) is 0 Å². The number of hydrogen-bond donors (Lipinski definition) is 3. The highest BCUT2D eigenvalue weighted by Gasteiger charge is 2.44. The molecule has 9 nitrogen and oxygen atoms in total. The van der Waals surface area contributed by atoms with Crippen molar-refractivity contribution in [2.45, 2.75) is 36.9 Å². The van der Waals surface area contributed by atoms with Crippen LogP contribution < -0.4 is 10.2 Å². The average molecular weight is 706 g/mol. The lowest BCUT2D eigenvalue weighted by molar-refractivity contribution is -0.206. The van der Waals surface area contributed by atoms with Gasteiger partial charge in [0.2, 0.25) is 5.82 Å². The monoisotopic (exact) mass is 705 g/mol. The number of tetrazole rings is 1. The Morgan fingerprint density at radius 3 is 2.30 bits per heavy atom. The molecule has 2 aromatic heterocycles. The van der Waals surface area contributed by atoms with Gasteiger partial charge >= 0.3 is 6.18 Å². The number of aromatic nitrogens is 5. The lowest BCUT2D eigenvalue weighted by Crippen LogP contribution is -2.46. The van der Waals surface area contributed by atoms with Gasteiger partial charge in [0.1, 0.15) is 23.1 Å². The Morgan fingerprint density at radius 1 is 0.900 bits per heavy atom. The second kappa shape index (κ2) is 13.7. The lowest BCUT2D eigenvalue weighted by Gasteiger charge is -2.38. The van der Waals surface area contributed by atoms with Crippen molar-refractivity contribution in [1.29, 1.82) is 0 Å². The molecular formula is C33H27F8N7O2. The first kappa shape index (κ1) is 34.8. The summed E-state index contributed by atoms with van der Waals surface area (Å²) in [4.78, 5) is 6.25. The molecule has 1 fully saturated rings. The van der Waals surface area contributed by atoms with Crippen LogP contribution in [0.25, 0.3) is 22.6 Å². The van der Waals surface area contributed by atoms with Gasteiger partial charge in [0.15, 0.2) is 11.7 Å². The summed E-state index contributed by atoms with van der Waals surface area (Å²) < 4.78 is 111. The van der Waals surface area contributed by atoms with Crippen LogP contribution in [0.5, 0.6) is 0 Å². The quantitative estimate of drug-likeness (QED) is 0.167. The molecule has 3 heterocycles. The number of aliphatic hydroxyl groups excluding tert-OH is 1. The molecule has 3 atom stereocenters. The molecule has 0 saturated carbocycles. The number of alkyl halides is 5. The van der Waals surface area contributed by atoms with E-state index in [0.29, 0.717) is 48.6 Å². The molecule has 1 aliphatic rings. The van der Waals surface area contributed by atoms with E-state index in [9.17, 15) is 45.3 Å². The Morgan fingerprint density at radius 2 is 1.64 bits per heavy atom. The standard InChI is InChI=1S/C33H27F8N7O2/c34-22-4-7-25(26(36)14-22)32(50,31(37)38)17-48-30(44-45-46-48)27-8-3-19(15-43-27)18-1-5-24(6-2-18)47-10-9-42-16-28(47)20-11-21(13-23(35)12-20)29(49)33(39,40)41/h1-8,11-15,28-29,31,42,49-50H,9-10,16-17H2/t28?,29?,32-/m0/s1. The highest BCUT2D eigenvalue weighted by Crippen LogP contribution is 2.37. The minimum absolute atomic E-state index is 0.110. The zero-order chi connectivity index (χ0) is 35.8. The van der Waals surface area contributed by atoms with E-state index < -0.39 is 65.5 Å². The minimum atomic E-state index is -4.96. The number of rotatable bonds is 9. The number of aliphatic hydroxyl groups is 2. The third kappa shape index (κ3) is 7.01. The summed E-state index contributed by atoms with van der Waals surface area (Å²) in [5.41, 5.74) is -2.09. The first-order valence-corrected chi connectivity index (χ1v) is 15.1. The van der Waals surface area contributed by atoms with E-state index in [-0.39, 0.29) is 17.1 Å². The molecule has 5 aromatic rings. The first-order chi connectivity index (χ1) is 23.7. The summed E-state index contributed by atoms with van der Waals surface area (Å²) >= 11 is 0. The van der Waals surface area contributed by atoms with Crippen LogP contribution in [-0.2, 0) is 12.1 Å². The molecule has 262 valence electrons. The molecule has 2 unspecified atom stereocenters. The van der Waals surface area contributed by atoms with Gasteiger partial charge in [-0.15, -0.1) is 5.10 Å². The van der Waals surface area contributed by atoms with E-state index in [4.69, 9.17) is 0 Å². The number of anilines is 1. The molecule has 6 rings (SSSR count). The summed E-state index contributed by atoms with van der Waals surface area (Å²) in [6.45, 7) is 0.347. The Balaban J connectivity index is 1.21. The maximum atomic E-state index is 14.4. The number of benzene rings is 3. The second-order valence-corrected chi connectivity index (χ2v) is 11.7. The van der Waals surface area contributed by atoms with E-state index >= 15 is 0 Å². The number of hydrogen-bond acceptors (Lipinski definition) is 8. The third-order valence-corrected chi connectivity index (χ3v) is 8.40. The normalized spacial score (nSPS) is 17.2. The lowest BCUT2D eigenvalue weighted by atomic mass is 9.93. The Bertz CT molecular complexity index is 1960. The zero-order valence-electron chi connectivity index (χ0n) is 25.7. The predicted octanol–water partition coefficient (Wildman–Crippen LogP) is 5.72. The van der Waals surface area contributed by atoms with Crippen LogP contribution in [0.3, 0.4) is 0 Å². The van der Waals surface area contributed by atoms with Crippen LogP contribution in [0, 0.1) is 17.5 Å². The van der Waals surface area contributed by atoms with Gasteiger partial charge in [-0.2, -0.15) is 13.2 Å². The number of nitrogens with one attached hydrogen (secondary N) is 1. The van der Waals surface area contributed by atoms with Gasteiger partial charge in [0.05, 0.1) is 12.6 Å². The predicted molar refractivity (Wildman–Crippen MR) is 163 cm³/mol. The van der Waals surface area contributed by atoms with E-state index in [1.165, 1.54) is 12.3 Å². The molecule has 0 spiro atoms. The van der Waals surface area contributed by atoms with Gasteiger partial charge in [-0.1, -0.05) is 30.3 Å². The molecule has 1 aliphatic heterocycles. The van der Waals surface area contributed by atoms with Crippen molar-refractivity contribution >= 4 is 5.69 Å². The van der Waals surface area contributed by atoms with E-state index in [0.717, 1.165) is 28.9 Å². The van der Waals surface area contributed by atoms with Gasteiger partial charge in [0, 0.05) is 48.7 Å². The Kier molecular flexibility index (Phi) is 9.56. The molecule has 0 aliphatic carbocycles. The smallest absolute Gasteiger partial charge is 0.379 e. The number of pyridine rings is 1. The molecule has 17 heteroatoms. The van der Waals surface area contributed by atoms with Gasteiger partial charge in [-0.25, -0.2) is 26.6 Å². The summed E-state index contributed by atoms with van der Waals surface area (Å²) in [7, 11) is 0. The summed E-state index contributed by atoms with van der Waals surface area (Å²) in [6, 6.07) is 14.6. The zero-order valence-corrected chi connectivity index (χ0v) is 25.7. The van der Waals surface area contributed by atoms with Gasteiger partial charge in [-0.3, -0.25) is 4.98 Å². The molecule has 50 heavy (non-hydrogen) atoms. The summed E-state index contributed by atoms with van der Waals surface area (Å²) in [6.07, 6.45) is -9.82. The highest BCUT2D eigenvalue weighted by molar-refractivity contribution is 5.67. The molecule has 0 bridgehead atoms. The molecule has 0 radical (unpaired) electrons. The highest BCUT2D eigenvalue weighted by atomic mass is 19.4. The van der Waals surface area contributed by atoms with Crippen LogP contribution in [0.1, 0.15) is 28.8 Å². The minimum Gasteiger partial charge on any atom is -0.379 e. The Hall–Kier alpha value is -5.00. The van der Waals surface area contributed by atoms with Crippen LogP contribution in [-0.4, -0.2) is 67.6 Å². The maximum Gasteiger partial charge on any atom is 0.418 e. The molecule has 1 saturated heterocycles. The average Bonchev–Trinajstić information content (AvgIpc) is 3.55. The van der Waals surface area contributed by atoms with Gasteiger partial charge in [-0.05, 0) is 63.5 Å². The van der Waals surface area contributed by atoms with Crippen molar-refractivity contribution in [1.82, 2.24) is 30.5 Å². The van der Waals surface area contributed by atoms with Crippen molar-refractivity contribution in [2.75, 3.05) is 24.5 Å². The van der Waals surface area contributed by atoms with Crippen LogP contribution in [0.15, 0.2) is 79.0 Å². The van der Waals surface area contributed by atoms with Crippen LogP contribution in [0.4, 0.5) is 40.8 Å². The Labute approximate surface area is 278 Å². The van der Waals surface area contributed by atoms with Crippen molar-refractivity contribution in [3.63, 3.8) is 0 Å². The van der Waals surface area contributed by atoms with Crippen molar-refractivity contribution in [2.24, 2.45) is 0 Å². The summed E-state index contributed by atoms with van der Waals surface area (Å²) in [5, 5.41) is 34.7. The van der Waals surface area contributed by atoms with E-state index in [1.807, 2.05) is 4.90 Å². The number of halogens is 8. The topological polar surface area (TPSA) is 112 Å². The number of piperazine rings is 1. The third-order valence-electron chi connectivity index (χ3n) is 8.40. The fourth-order valence-electron chi connectivity index (χ4n) is 5.86. The maximum absolute atomic E-state index is 14.4. The number of nitrogens with zero attached hydrogens (tertiary/aromatic N) is 6. The molecular weight excluding hydrogens is 678 g/mol. The van der Waals surface area contributed by atoms with Crippen molar-refractivity contribution in [3.8, 4) is 22.6 Å². The summed E-state index contributed by atoms with van der Waals surface area (Å²) in [5.74, 6) is -3.39.